The Kier molecular flexibility index (Phi) is 8.21. The number of rotatable bonds is 11. The van der Waals surface area contributed by atoms with Crippen molar-refractivity contribution in [3.8, 4) is 0 Å². The Bertz CT molecular complexity index is 642. The molecule has 3 N–H and O–H groups in total. The van der Waals surface area contributed by atoms with Crippen LogP contribution in [0.5, 0.6) is 0 Å². The summed E-state index contributed by atoms with van der Waals surface area (Å²) in [5, 5.41) is 12.2. The van der Waals surface area contributed by atoms with E-state index in [1.54, 1.807) is 0 Å². The van der Waals surface area contributed by atoms with Gasteiger partial charge in [0.25, 0.3) is 0 Å². The minimum absolute atomic E-state index is 0.0114. The van der Waals surface area contributed by atoms with E-state index in [-0.39, 0.29) is 10.5 Å². The smallest absolute Gasteiger partial charge is 0.335 e. The van der Waals surface area contributed by atoms with Gasteiger partial charge in [0.2, 0.25) is 10.0 Å². The van der Waals surface area contributed by atoms with Gasteiger partial charge < -0.3 is 10.4 Å². The summed E-state index contributed by atoms with van der Waals surface area (Å²) in [6.45, 7) is 7.09. The molecular weight excluding hydrogens is 328 g/mol. The molecule has 0 saturated carbocycles. The van der Waals surface area contributed by atoms with Gasteiger partial charge in [-0.3, -0.25) is 0 Å². The Morgan fingerprint density at radius 3 is 2.50 bits per heavy atom. The van der Waals surface area contributed by atoms with E-state index in [0.717, 1.165) is 25.7 Å². The maximum atomic E-state index is 12.6. The molecule has 0 spiro atoms. The number of aromatic carboxylic acids is 1. The summed E-state index contributed by atoms with van der Waals surface area (Å²) in [6, 6.07) is 4.15. The van der Waals surface area contributed by atoms with Crippen LogP contribution in [0.25, 0.3) is 0 Å². The van der Waals surface area contributed by atoms with Gasteiger partial charge in [-0.25, -0.2) is 17.9 Å². The molecule has 0 aromatic heterocycles. The summed E-state index contributed by atoms with van der Waals surface area (Å²) in [5.74, 6) is -0.768. The van der Waals surface area contributed by atoms with Crippen molar-refractivity contribution >= 4 is 21.7 Å². The van der Waals surface area contributed by atoms with Crippen LogP contribution in [0, 0.1) is 5.92 Å². The summed E-state index contributed by atoms with van der Waals surface area (Å²) in [5.41, 5.74) is 0.395. The number of sulfonamides is 1. The summed E-state index contributed by atoms with van der Waals surface area (Å²) in [6.07, 6.45) is 3.77. The van der Waals surface area contributed by atoms with E-state index < -0.39 is 16.0 Å². The zero-order chi connectivity index (χ0) is 18.2. The van der Waals surface area contributed by atoms with Crippen molar-refractivity contribution in [3.63, 3.8) is 0 Å². The summed E-state index contributed by atoms with van der Waals surface area (Å²) in [4.78, 5) is 11.1. The number of anilines is 1. The first-order valence-electron chi connectivity index (χ1n) is 8.38. The molecule has 24 heavy (non-hydrogen) atoms. The first-order chi connectivity index (χ1) is 11.3. The topological polar surface area (TPSA) is 95.5 Å². The molecule has 1 aromatic rings. The number of benzene rings is 1. The van der Waals surface area contributed by atoms with Gasteiger partial charge in [-0.2, -0.15) is 0 Å². The Balaban J connectivity index is 3.01. The summed E-state index contributed by atoms with van der Waals surface area (Å²) in [7, 11) is -3.76. The number of carboxylic acids is 1. The lowest BCUT2D eigenvalue weighted by Gasteiger charge is -2.14. The lowest BCUT2D eigenvalue weighted by Crippen LogP contribution is -2.27. The van der Waals surface area contributed by atoms with Crippen molar-refractivity contribution < 1.29 is 18.3 Å². The Morgan fingerprint density at radius 1 is 1.21 bits per heavy atom. The van der Waals surface area contributed by atoms with Gasteiger partial charge in [0, 0.05) is 13.1 Å². The van der Waals surface area contributed by atoms with E-state index in [4.69, 9.17) is 5.11 Å². The Hall–Kier alpha value is -1.60. The Morgan fingerprint density at radius 2 is 1.92 bits per heavy atom. The van der Waals surface area contributed by atoms with Gasteiger partial charge in [0.15, 0.2) is 0 Å². The largest absolute Gasteiger partial charge is 0.478 e. The first kappa shape index (κ1) is 20.4. The van der Waals surface area contributed by atoms with Crippen LogP contribution in [0.4, 0.5) is 5.69 Å². The highest BCUT2D eigenvalue weighted by Gasteiger charge is 2.20. The van der Waals surface area contributed by atoms with Crippen molar-refractivity contribution in [1.29, 1.82) is 0 Å². The molecule has 0 aliphatic heterocycles. The van der Waals surface area contributed by atoms with Crippen molar-refractivity contribution in [2.75, 3.05) is 18.4 Å². The molecule has 0 saturated heterocycles. The number of unbranched alkanes of at least 4 members (excludes halogenated alkanes) is 2. The second-order valence-corrected chi connectivity index (χ2v) is 7.97. The van der Waals surface area contributed by atoms with Gasteiger partial charge in [0.05, 0.1) is 11.3 Å². The van der Waals surface area contributed by atoms with Crippen molar-refractivity contribution in [2.24, 2.45) is 5.92 Å². The zero-order valence-electron chi connectivity index (χ0n) is 14.6. The van der Waals surface area contributed by atoms with Crippen LogP contribution in [0.3, 0.4) is 0 Å². The fourth-order valence-electron chi connectivity index (χ4n) is 2.18. The Labute approximate surface area is 144 Å². The van der Waals surface area contributed by atoms with E-state index in [9.17, 15) is 13.2 Å². The van der Waals surface area contributed by atoms with Crippen LogP contribution in [0.2, 0.25) is 0 Å². The van der Waals surface area contributed by atoms with Crippen molar-refractivity contribution in [2.45, 2.75) is 51.3 Å². The van der Waals surface area contributed by atoms with Gasteiger partial charge >= 0.3 is 5.97 Å². The number of hydrogen-bond acceptors (Lipinski definition) is 4. The molecule has 0 heterocycles. The highest BCUT2D eigenvalue weighted by Crippen LogP contribution is 2.23. The highest BCUT2D eigenvalue weighted by molar-refractivity contribution is 7.89. The van der Waals surface area contributed by atoms with E-state index in [1.165, 1.54) is 18.2 Å². The third kappa shape index (κ3) is 6.49. The predicted octanol–water partition coefficient (Wildman–Crippen LogP) is 3.31. The third-order valence-corrected chi connectivity index (χ3v) is 5.13. The van der Waals surface area contributed by atoms with E-state index >= 15 is 0 Å². The SMILES string of the molecule is CCCCCNc1ccc(C(=O)O)cc1S(=O)(=O)NCCC(C)C. The molecule has 6 nitrogen and oxygen atoms in total. The number of carbonyl (C=O) groups is 1. The maximum absolute atomic E-state index is 12.6. The molecule has 7 heteroatoms. The standard InChI is InChI=1S/C17H28N2O4S/c1-4-5-6-10-18-15-8-7-14(17(20)21)12-16(15)24(22,23)19-11-9-13(2)3/h7-8,12-13,18-19H,4-6,9-11H2,1-3H3,(H,20,21). The summed E-state index contributed by atoms with van der Waals surface area (Å²) < 4.78 is 27.7. The molecule has 0 radical (unpaired) electrons. The molecule has 0 fully saturated rings. The summed E-state index contributed by atoms with van der Waals surface area (Å²) >= 11 is 0. The monoisotopic (exact) mass is 356 g/mol. The molecule has 1 aromatic carbocycles. The molecule has 0 atom stereocenters. The fourth-order valence-corrected chi connectivity index (χ4v) is 3.44. The van der Waals surface area contributed by atoms with Crippen molar-refractivity contribution in [1.82, 2.24) is 4.72 Å². The van der Waals surface area contributed by atoms with Crippen LogP contribution in [0.15, 0.2) is 23.1 Å². The average molecular weight is 356 g/mol. The number of carboxylic acid groups (broad SMARTS) is 1. The van der Waals surface area contributed by atoms with E-state index in [2.05, 4.69) is 17.0 Å². The molecule has 0 amide bonds. The van der Waals surface area contributed by atoms with Gasteiger partial charge in [-0.15, -0.1) is 0 Å². The fraction of sp³-hybridized carbons (Fsp3) is 0.588. The minimum atomic E-state index is -3.76. The molecule has 0 aliphatic rings. The molecular formula is C17H28N2O4S. The first-order valence-corrected chi connectivity index (χ1v) is 9.87. The molecule has 1 rings (SSSR count). The lowest BCUT2D eigenvalue weighted by atomic mass is 10.1. The average Bonchev–Trinajstić information content (AvgIpc) is 2.50. The van der Waals surface area contributed by atoms with Crippen LogP contribution in [0.1, 0.15) is 56.8 Å². The van der Waals surface area contributed by atoms with E-state index in [1.807, 2.05) is 13.8 Å². The third-order valence-electron chi connectivity index (χ3n) is 3.63. The van der Waals surface area contributed by atoms with Gasteiger partial charge in [-0.1, -0.05) is 33.6 Å². The van der Waals surface area contributed by atoms with Crippen molar-refractivity contribution in [3.05, 3.63) is 23.8 Å². The van der Waals surface area contributed by atoms with Crippen LogP contribution in [-0.2, 0) is 10.0 Å². The van der Waals surface area contributed by atoms with E-state index in [0.29, 0.717) is 24.7 Å². The second kappa shape index (κ2) is 9.64. The number of nitrogens with one attached hydrogen (secondary N) is 2. The highest BCUT2D eigenvalue weighted by atomic mass is 32.2. The maximum Gasteiger partial charge on any atom is 0.335 e. The quantitative estimate of drug-likeness (QED) is 0.529. The lowest BCUT2D eigenvalue weighted by molar-refractivity contribution is 0.0696. The van der Waals surface area contributed by atoms with Gasteiger partial charge in [0.1, 0.15) is 4.90 Å². The molecule has 0 aliphatic carbocycles. The zero-order valence-corrected chi connectivity index (χ0v) is 15.4. The molecule has 136 valence electrons. The van der Waals surface area contributed by atoms with Gasteiger partial charge in [-0.05, 0) is 37.0 Å². The second-order valence-electron chi connectivity index (χ2n) is 6.23. The normalized spacial score (nSPS) is 11.7. The minimum Gasteiger partial charge on any atom is -0.478 e. The van der Waals surface area contributed by atoms with Crippen LogP contribution < -0.4 is 10.0 Å². The number of hydrogen-bond donors (Lipinski definition) is 3. The molecule has 0 unspecified atom stereocenters. The predicted molar refractivity (Wildman–Crippen MR) is 96.1 cm³/mol. The van der Waals surface area contributed by atoms with Crippen LogP contribution >= 0.6 is 0 Å². The van der Waals surface area contributed by atoms with Crippen LogP contribution in [-0.4, -0.2) is 32.6 Å². The molecule has 0 bridgehead atoms.